The Labute approximate surface area is 208 Å². The van der Waals surface area contributed by atoms with Gasteiger partial charge in [-0.05, 0) is 30.5 Å². The summed E-state index contributed by atoms with van der Waals surface area (Å²) in [5.74, 6) is -4.60. The molecule has 2 heterocycles. The molecule has 0 spiro atoms. The minimum Gasteiger partial charge on any atom is -0.351 e. The lowest BCUT2D eigenvalue weighted by Gasteiger charge is -2.34. The zero-order valence-corrected chi connectivity index (χ0v) is 19.9. The third kappa shape index (κ3) is 5.96. The average Bonchev–Trinajstić information content (AvgIpc) is 3.39. The van der Waals surface area contributed by atoms with E-state index >= 15 is 0 Å². The summed E-state index contributed by atoms with van der Waals surface area (Å²) in [4.78, 5) is 40.1. The number of rotatable bonds is 7. The number of carbonyl (C=O) groups is 2. The van der Waals surface area contributed by atoms with Crippen molar-refractivity contribution in [3.05, 3.63) is 60.3 Å². The van der Waals surface area contributed by atoms with Crippen LogP contribution >= 0.6 is 22.9 Å². The second-order valence-corrected chi connectivity index (χ2v) is 9.40. The lowest BCUT2D eigenvalue weighted by atomic mass is 9.92. The molecular weight excluding hydrogens is 503 g/mol. The fourth-order valence-corrected chi connectivity index (χ4v) is 4.72. The first kappa shape index (κ1) is 25.1. The van der Waals surface area contributed by atoms with Crippen LogP contribution in [0.2, 0.25) is 0 Å². The number of nitrogens with one attached hydrogen (secondary N) is 1. The minimum absolute atomic E-state index is 0.0789. The van der Waals surface area contributed by atoms with E-state index in [0.29, 0.717) is 0 Å². The van der Waals surface area contributed by atoms with Gasteiger partial charge in [-0.1, -0.05) is 23.7 Å². The molecule has 1 aliphatic carbocycles. The molecule has 1 fully saturated rings. The molecule has 0 saturated heterocycles. The first-order valence-corrected chi connectivity index (χ1v) is 12.1. The predicted octanol–water partition coefficient (Wildman–Crippen LogP) is 4.90. The van der Waals surface area contributed by atoms with E-state index in [1.54, 1.807) is 36.0 Å². The molecule has 2 amide bonds. The van der Waals surface area contributed by atoms with Crippen molar-refractivity contribution in [3.63, 3.8) is 0 Å². The van der Waals surface area contributed by atoms with Crippen molar-refractivity contribution in [1.82, 2.24) is 20.3 Å². The Morgan fingerprint density at radius 2 is 1.74 bits per heavy atom. The van der Waals surface area contributed by atoms with Crippen LogP contribution in [0.15, 0.2) is 54.7 Å². The number of anilines is 1. The first-order chi connectivity index (χ1) is 16.7. The Kier molecular flexibility index (Phi) is 7.66. The molecule has 1 N–H and O–H groups in total. The van der Waals surface area contributed by atoms with Crippen LogP contribution in [0.4, 0.5) is 18.9 Å². The van der Waals surface area contributed by atoms with Gasteiger partial charge in [-0.3, -0.25) is 19.5 Å². The molecule has 12 heteroatoms. The van der Waals surface area contributed by atoms with E-state index in [9.17, 15) is 22.8 Å². The summed E-state index contributed by atoms with van der Waals surface area (Å²) in [7, 11) is 0. The fraction of sp³-hybridized carbons (Fsp3) is 0.348. The number of halogens is 4. The van der Waals surface area contributed by atoms with Gasteiger partial charge < -0.3 is 5.32 Å². The van der Waals surface area contributed by atoms with Crippen molar-refractivity contribution in [2.24, 2.45) is 0 Å². The van der Waals surface area contributed by atoms with Crippen molar-refractivity contribution in [2.75, 3.05) is 4.90 Å². The molecule has 1 saturated carbocycles. The molecular formula is C23H21ClF3N5O2S. The highest BCUT2D eigenvalue weighted by Gasteiger charge is 2.39. The van der Waals surface area contributed by atoms with Crippen LogP contribution in [0.1, 0.15) is 37.3 Å². The molecule has 2 atom stereocenters. The summed E-state index contributed by atoms with van der Waals surface area (Å²) < 4.78 is 41.3. The van der Waals surface area contributed by atoms with Crippen molar-refractivity contribution in [3.8, 4) is 10.4 Å². The maximum Gasteiger partial charge on any atom is 0.278 e. The van der Waals surface area contributed by atoms with E-state index in [1.807, 2.05) is 0 Å². The highest BCUT2D eigenvalue weighted by Crippen LogP contribution is 2.35. The molecule has 1 unspecified atom stereocenters. The number of aromatic nitrogens is 3. The Hall–Kier alpha value is -3.05. The van der Waals surface area contributed by atoms with E-state index in [2.05, 4.69) is 20.3 Å². The number of alkyl halides is 4. The summed E-state index contributed by atoms with van der Waals surface area (Å²) in [6.45, 7) is 0. The number of hydrogen-bond acceptors (Lipinski definition) is 6. The lowest BCUT2D eigenvalue weighted by molar-refractivity contribution is -0.128. The van der Waals surface area contributed by atoms with Gasteiger partial charge in [-0.15, -0.1) is 11.3 Å². The Balaban J connectivity index is 1.68. The molecule has 1 aliphatic rings. The number of hydrogen-bond donors (Lipinski definition) is 1. The van der Waals surface area contributed by atoms with Gasteiger partial charge in [0.15, 0.2) is 0 Å². The second kappa shape index (κ2) is 10.7. The highest BCUT2D eigenvalue weighted by atomic mass is 35.5. The smallest absolute Gasteiger partial charge is 0.278 e. The van der Waals surface area contributed by atoms with Gasteiger partial charge in [0.1, 0.15) is 12.4 Å². The molecule has 7 nitrogen and oxygen atoms in total. The largest absolute Gasteiger partial charge is 0.351 e. The van der Waals surface area contributed by atoms with E-state index < -0.39 is 35.5 Å². The summed E-state index contributed by atoms with van der Waals surface area (Å²) in [5.41, 5.74) is 0.494. The maximum atomic E-state index is 14.1. The van der Waals surface area contributed by atoms with E-state index in [0.717, 1.165) is 15.3 Å². The topological polar surface area (TPSA) is 88.1 Å². The van der Waals surface area contributed by atoms with Gasteiger partial charge in [-0.2, -0.15) is 0 Å². The number of benzene rings is 1. The monoisotopic (exact) mass is 523 g/mol. The molecule has 2 aromatic heterocycles. The molecule has 4 rings (SSSR count). The Bertz CT molecular complexity index is 1140. The number of carbonyl (C=O) groups excluding carboxylic acids is 2. The molecule has 35 heavy (non-hydrogen) atoms. The van der Waals surface area contributed by atoms with Crippen molar-refractivity contribution >= 4 is 40.4 Å². The average molecular weight is 524 g/mol. The summed E-state index contributed by atoms with van der Waals surface area (Å²) >= 11 is 6.96. The summed E-state index contributed by atoms with van der Waals surface area (Å²) in [6, 6.07) is 4.66. The van der Waals surface area contributed by atoms with Gasteiger partial charge in [0.2, 0.25) is 11.8 Å². The third-order valence-corrected chi connectivity index (χ3v) is 6.76. The molecule has 3 aromatic rings. The SMILES string of the molecule is O=C(NC1CCC(F)(F)CC1)[C@@H](c1cncnc1)N(C(=O)C(F)Cl)c1ccc(-c2cncs2)cc1. The highest BCUT2D eigenvalue weighted by molar-refractivity contribution is 7.13. The number of nitrogens with zero attached hydrogens (tertiary/aromatic N) is 4. The zero-order valence-electron chi connectivity index (χ0n) is 18.3. The quantitative estimate of drug-likeness (QED) is 0.445. The molecule has 0 bridgehead atoms. The van der Waals surface area contributed by atoms with Crippen LogP contribution in [0.5, 0.6) is 0 Å². The molecule has 0 radical (unpaired) electrons. The van der Waals surface area contributed by atoms with Crippen LogP contribution in [-0.4, -0.2) is 44.4 Å². The fourth-order valence-electron chi connectivity index (χ4n) is 3.99. The van der Waals surface area contributed by atoms with Crippen LogP contribution < -0.4 is 10.2 Å². The first-order valence-electron chi connectivity index (χ1n) is 10.8. The van der Waals surface area contributed by atoms with Gasteiger partial charge in [0.05, 0.1) is 10.4 Å². The normalized spacial score (nSPS) is 17.4. The molecule has 184 valence electrons. The van der Waals surface area contributed by atoms with Crippen LogP contribution in [0, 0.1) is 0 Å². The van der Waals surface area contributed by atoms with Crippen molar-refractivity contribution < 1.29 is 22.8 Å². The minimum atomic E-state index is -2.77. The van der Waals surface area contributed by atoms with Crippen LogP contribution in [0.25, 0.3) is 10.4 Å². The van der Waals surface area contributed by atoms with Crippen molar-refractivity contribution in [1.29, 1.82) is 0 Å². The standard InChI is InChI=1S/C23H21ClF3N5O2S/c24-20(25)22(34)32(17-3-1-14(2-4-17)18-11-30-13-35-18)19(15-9-28-12-29-10-15)21(33)31-16-5-7-23(26,27)8-6-16/h1-4,9-13,16,19-20H,5-8H2,(H,31,33)/t19-,20?/m1/s1. The van der Waals surface area contributed by atoms with Gasteiger partial charge in [-0.25, -0.2) is 23.1 Å². The van der Waals surface area contributed by atoms with Gasteiger partial charge in [0.25, 0.3) is 11.5 Å². The predicted molar refractivity (Wildman–Crippen MR) is 126 cm³/mol. The zero-order chi connectivity index (χ0) is 25.0. The second-order valence-electron chi connectivity index (χ2n) is 8.13. The summed E-state index contributed by atoms with van der Waals surface area (Å²) in [5, 5.41) is 2.74. The maximum absolute atomic E-state index is 14.1. The lowest BCUT2D eigenvalue weighted by Crippen LogP contribution is -2.49. The van der Waals surface area contributed by atoms with Crippen molar-refractivity contribution in [2.45, 2.75) is 49.3 Å². The third-order valence-electron chi connectivity index (χ3n) is 5.75. The van der Waals surface area contributed by atoms with E-state index in [1.165, 1.54) is 30.1 Å². The Morgan fingerprint density at radius 3 is 2.31 bits per heavy atom. The van der Waals surface area contributed by atoms with Gasteiger partial charge >= 0.3 is 0 Å². The molecule has 1 aromatic carbocycles. The number of thiazole rings is 1. The van der Waals surface area contributed by atoms with Crippen LogP contribution in [0.3, 0.4) is 0 Å². The van der Waals surface area contributed by atoms with Crippen LogP contribution in [-0.2, 0) is 9.59 Å². The summed E-state index contributed by atoms with van der Waals surface area (Å²) in [6.07, 6.45) is 5.05. The van der Waals surface area contributed by atoms with E-state index in [-0.39, 0.29) is 36.9 Å². The number of amides is 2. The van der Waals surface area contributed by atoms with Gasteiger partial charge in [0, 0.05) is 48.7 Å². The molecule has 0 aliphatic heterocycles. The van der Waals surface area contributed by atoms with E-state index in [4.69, 9.17) is 11.6 Å². The Morgan fingerprint density at radius 1 is 1.09 bits per heavy atom.